The van der Waals surface area contributed by atoms with Gasteiger partial charge >= 0.3 is 5.97 Å². The van der Waals surface area contributed by atoms with Crippen LogP contribution in [-0.4, -0.2) is 89.2 Å². The van der Waals surface area contributed by atoms with E-state index in [1.54, 1.807) is 0 Å². The molecular weight excluding hydrogens is 632 g/mol. The molecule has 5 amide bonds. The van der Waals surface area contributed by atoms with Gasteiger partial charge in [-0.25, -0.2) is 4.79 Å². The quantitative estimate of drug-likeness (QED) is 0.0358. The number of hydrogen-bond acceptors (Lipinski definition) is 7. The van der Waals surface area contributed by atoms with Crippen LogP contribution >= 0.6 is 0 Å². The first kappa shape index (κ1) is 43.1. The van der Waals surface area contributed by atoms with Gasteiger partial charge in [-0.2, -0.15) is 0 Å². The fourth-order valence-corrected chi connectivity index (χ4v) is 5.89. The van der Waals surface area contributed by atoms with Gasteiger partial charge in [0.25, 0.3) is 0 Å². The molecule has 3 atom stereocenters. The number of unbranched alkanes of at least 4 members (excludes halogenated alkanes) is 12. The van der Waals surface area contributed by atoms with E-state index < -0.39 is 47.7 Å². The van der Waals surface area contributed by atoms with Crippen LogP contribution in [0.15, 0.2) is 4.99 Å². The highest BCUT2D eigenvalue weighted by Gasteiger charge is 2.38. The van der Waals surface area contributed by atoms with E-state index in [9.17, 15) is 33.9 Å². The normalized spacial score (nSPS) is 15.2. The molecule has 280 valence electrons. The number of likely N-dealkylation sites (tertiary alicyclic amines) is 1. The van der Waals surface area contributed by atoms with Gasteiger partial charge in [0, 0.05) is 25.9 Å². The SMILES string of the molecule is CCCCCCCCCCCCCCCC(=O)NCC(=O)N[C@@H](CCC(N)=O)C(=O)N1CCC[C@H]1C(=O)N[C@@H](CCCN=C(N)N)C(=O)O. The molecule has 0 spiro atoms. The van der Waals surface area contributed by atoms with Gasteiger partial charge in [0.05, 0.1) is 6.54 Å². The average molecular weight is 695 g/mol. The highest BCUT2D eigenvalue weighted by Crippen LogP contribution is 2.20. The molecule has 1 saturated heterocycles. The van der Waals surface area contributed by atoms with Gasteiger partial charge in [-0.15, -0.1) is 0 Å². The first-order chi connectivity index (χ1) is 23.5. The Bertz CT molecular complexity index is 1070. The van der Waals surface area contributed by atoms with Crippen molar-refractivity contribution in [2.75, 3.05) is 19.6 Å². The van der Waals surface area contributed by atoms with Crippen LogP contribution in [-0.2, 0) is 28.8 Å². The third kappa shape index (κ3) is 20.3. The van der Waals surface area contributed by atoms with E-state index in [4.69, 9.17) is 17.2 Å². The van der Waals surface area contributed by atoms with Gasteiger partial charge in [-0.05, 0) is 38.5 Å². The second-order valence-electron chi connectivity index (χ2n) is 12.9. The van der Waals surface area contributed by atoms with Crippen molar-refractivity contribution in [2.24, 2.45) is 22.2 Å². The maximum atomic E-state index is 13.5. The zero-order valence-electron chi connectivity index (χ0n) is 29.5. The number of rotatable bonds is 28. The summed E-state index contributed by atoms with van der Waals surface area (Å²) < 4.78 is 0. The lowest BCUT2D eigenvalue weighted by Gasteiger charge is -2.29. The van der Waals surface area contributed by atoms with E-state index in [2.05, 4.69) is 27.9 Å². The predicted octanol–water partition coefficient (Wildman–Crippen LogP) is 1.95. The topological polar surface area (TPSA) is 252 Å². The van der Waals surface area contributed by atoms with Crippen molar-refractivity contribution in [3.05, 3.63) is 0 Å². The molecule has 1 rings (SSSR count). The monoisotopic (exact) mass is 694 g/mol. The van der Waals surface area contributed by atoms with Crippen LogP contribution < -0.4 is 33.2 Å². The Hall–Kier alpha value is -3.91. The predicted molar refractivity (Wildman–Crippen MR) is 188 cm³/mol. The zero-order valence-corrected chi connectivity index (χ0v) is 29.5. The molecule has 0 unspecified atom stereocenters. The molecule has 0 aliphatic carbocycles. The molecule has 15 heteroatoms. The molecule has 1 aliphatic heterocycles. The summed E-state index contributed by atoms with van der Waals surface area (Å²) in [5, 5.41) is 17.2. The van der Waals surface area contributed by atoms with E-state index in [-0.39, 0.29) is 50.8 Å². The number of primary amides is 1. The minimum Gasteiger partial charge on any atom is -0.480 e. The molecule has 0 radical (unpaired) electrons. The standard InChI is InChI=1S/C34H62N8O7/c1-2-3-4-5-6-7-8-9-10-11-12-13-14-19-29(44)39-24-30(45)40-25(20-21-28(35)43)32(47)42-23-16-18-27(42)31(46)41-26(33(48)49)17-15-22-38-34(36)37/h25-27H,2-24H2,1H3,(H2,35,43)(H,39,44)(H,40,45)(H,41,46)(H,48,49)(H4,36,37,38)/t25-,26-,27-/m0/s1. The average Bonchev–Trinajstić information content (AvgIpc) is 3.55. The van der Waals surface area contributed by atoms with Gasteiger partial charge in [0.2, 0.25) is 29.5 Å². The van der Waals surface area contributed by atoms with E-state index in [1.807, 2.05) is 0 Å². The molecule has 0 aromatic heterocycles. The Morgan fingerprint density at radius 1 is 0.755 bits per heavy atom. The third-order valence-electron chi connectivity index (χ3n) is 8.66. The summed E-state index contributed by atoms with van der Waals surface area (Å²) >= 11 is 0. The number of guanidine groups is 1. The van der Waals surface area contributed by atoms with Gasteiger partial charge in [-0.1, -0.05) is 84.0 Å². The maximum Gasteiger partial charge on any atom is 0.326 e. The molecule has 15 nitrogen and oxygen atoms in total. The van der Waals surface area contributed by atoms with Crippen molar-refractivity contribution in [1.82, 2.24) is 20.9 Å². The van der Waals surface area contributed by atoms with E-state index in [0.29, 0.717) is 25.7 Å². The summed E-state index contributed by atoms with van der Waals surface area (Å²) in [5.41, 5.74) is 15.9. The van der Waals surface area contributed by atoms with Gasteiger partial charge in [-0.3, -0.25) is 29.0 Å². The molecule has 0 aromatic rings. The molecule has 0 bridgehead atoms. The van der Waals surface area contributed by atoms with E-state index in [0.717, 1.165) is 25.7 Å². The summed E-state index contributed by atoms with van der Waals surface area (Å²) in [6.45, 7) is 2.28. The minimum absolute atomic E-state index is 0.0703. The summed E-state index contributed by atoms with van der Waals surface area (Å²) in [6, 6.07) is -3.34. The summed E-state index contributed by atoms with van der Waals surface area (Å²) in [7, 11) is 0. The van der Waals surface area contributed by atoms with Crippen molar-refractivity contribution in [2.45, 2.75) is 153 Å². The molecule has 1 heterocycles. The van der Waals surface area contributed by atoms with Crippen LogP contribution in [0.2, 0.25) is 0 Å². The number of carbonyl (C=O) groups excluding carboxylic acids is 5. The van der Waals surface area contributed by atoms with Crippen molar-refractivity contribution in [1.29, 1.82) is 0 Å². The van der Waals surface area contributed by atoms with Gasteiger partial charge in [0.1, 0.15) is 18.1 Å². The Labute approximate surface area is 291 Å². The van der Waals surface area contributed by atoms with Crippen LogP contribution in [0, 0.1) is 0 Å². The van der Waals surface area contributed by atoms with Crippen LogP contribution in [0.25, 0.3) is 0 Å². The second-order valence-corrected chi connectivity index (χ2v) is 12.9. The number of aliphatic imine (C=N–C) groups is 1. The highest BCUT2D eigenvalue weighted by molar-refractivity contribution is 5.94. The maximum absolute atomic E-state index is 13.5. The number of hydrogen-bond donors (Lipinski definition) is 7. The molecule has 49 heavy (non-hydrogen) atoms. The minimum atomic E-state index is -1.24. The van der Waals surface area contributed by atoms with Crippen molar-refractivity contribution in [3.8, 4) is 0 Å². The number of amides is 5. The van der Waals surface area contributed by atoms with Crippen LogP contribution in [0.3, 0.4) is 0 Å². The number of aliphatic carboxylic acids is 1. The molecule has 10 N–H and O–H groups in total. The Morgan fingerprint density at radius 2 is 1.35 bits per heavy atom. The first-order valence-corrected chi connectivity index (χ1v) is 18.2. The summed E-state index contributed by atoms with van der Waals surface area (Å²) in [4.78, 5) is 80.0. The number of carboxylic acid groups (broad SMARTS) is 1. The Balaban J connectivity index is 2.51. The molecule has 1 fully saturated rings. The number of carboxylic acids is 1. The van der Waals surface area contributed by atoms with Crippen molar-refractivity contribution >= 4 is 41.5 Å². The number of nitrogens with zero attached hydrogens (tertiary/aromatic N) is 2. The van der Waals surface area contributed by atoms with Gasteiger partial charge in [0.15, 0.2) is 5.96 Å². The largest absolute Gasteiger partial charge is 0.480 e. The van der Waals surface area contributed by atoms with Crippen LogP contribution in [0.1, 0.15) is 135 Å². The number of nitrogens with two attached hydrogens (primary N) is 3. The van der Waals surface area contributed by atoms with Gasteiger partial charge < -0.3 is 43.2 Å². The van der Waals surface area contributed by atoms with Crippen LogP contribution in [0.4, 0.5) is 0 Å². The number of carbonyl (C=O) groups is 6. The van der Waals surface area contributed by atoms with Crippen molar-refractivity contribution in [3.63, 3.8) is 0 Å². The summed E-state index contributed by atoms with van der Waals surface area (Å²) in [6.07, 6.45) is 16.7. The summed E-state index contributed by atoms with van der Waals surface area (Å²) in [5.74, 6) is -4.14. The molecule has 0 aromatic carbocycles. The first-order valence-electron chi connectivity index (χ1n) is 18.2. The van der Waals surface area contributed by atoms with E-state index >= 15 is 0 Å². The smallest absolute Gasteiger partial charge is 0.326 e. The molecule has 0 saturated carbocycles. The lowest BCUT2D eigenvalue weighted by Crippen LogP contribution is -2.56. The van der Waals surface area contributed by atoms with Crippen molar-refractivity contribution < 1.29 is 33.9 Å². The van der Waals surface area contributed by atoms with Crippen LogP contribution in [0.5, 0.6) is 0 Å². The fourth-order valence-electron chi connectivity index (χ4n) is 5.89. The Morgan fingerprint density at radius 3 is 1.90 bits per heavy atom. The lowest BCUT2D eigenvalue weighted by molar-refractivity contribution is -0.145. The highest BCUT2D eigenvalue weighted by atomic mass is 16.4. The molecule has 1 aliphatic rings. The molecular formula is C34H62N8O7. The Kier molecular flexibility index (Phi) is 22.9. The fraction of sp³-hybridized carbons (Fsp3) is 0.794. The van der Waals surface area contributed by atoms with E-state index in [1.165, 1.54) is 62.7 Å². The zero-order chi connectivity index (χ0) is 36.4. The lowest BCUT2D eigenvalue weighted by atomic mass is 10.0. The second kappa shape index (κ2) is 26.0. The third-order valence-corrected chi connectivity index (χ3v) is 8.66. The number of nitrogens with one attached hydrogen (secondary N) is 3.